The topological polar surface area (TPSA) is 127 Å². The molecule has 0 bridgehead atoms. The molecule has 10 nitrogen and oxygen atoms in total. The van der Waals surface area contributed by atoms with Gasteiger partial charge in [-0.2, -0.15) is 5.10 Å². The van der Waals surface area contributed by atoms with Crippen molar-refractivity contribution in [2.75, 3.05) is 30.5 Å². The zero-order valence-corrected chi connectivity index (χ0v) is 26.0. The fourth-order valence-electron chi connectivity index (χ4n) is 3.60. The Labute approximate surface area is 259 Å². The summed E-state index contributed by atoms with van der Waals surface area (Å²) in [7, 11) is 0. The first-order chi connectivity index (χ1) is 20.3. The summed E-state index contributed by atoms with van der Waals surface area (Å²) in [5.74, 6) is -0.577. The van der Waals surface area contributed by atoms with E-state index < -0.39 is 11.8 Å². The van der Waals surface area contributed by atoms with E-state index in [9.17, 15) is 14.4 Å². The molecule has 3 rings (SSSR count). The van der Waals surface area contributed by atoms with Gasteiger partial charge in [-0.3, -0.25) is 14.4 Å². The molecular weight excluding hydrogens is 651 g/mol. The van der Waals surface area contributed by atoms with Crippen LogP contribution in [0.25, 0.3) is 0 Å². The lowest BCUT2D eigenvalue weighted by atomic mass is 10.1. The highest BCUT2D eigenvalue weighted by atomic mass is 127. The first-order valence-electron chi connectivity index (χ1n) is 13.7. The van der Waals surface area contributed by atoms with Crippen LogP contribution in [0.15, 0.2) is 65.8 Å². The number of nitrogens with zero attached hydrogens (tertiary/aromatic N) is 1. The van der Waals surface area contributed by atoms with Crippen LogP contribution in [-0.2, 0) is 20.8 Å². The molecule has 0 heterocycles. The number of carbonyl (C=O) groups excluding carboxylic acids is 3. The molecule has 0 aliphatic rings. The molecule has 0 aliphatic carbocycles. The predicted octanol–water partition coefficient (Wildman–Crippen LogP) is 5.54. The second-order valence-corrected chi connectivity index (χ2v) is 10.2. The SMILES string of the molecule is CCCCOc1ccc(NC(=O)C(=O)N/N=C\c2cc(I)c(OCC(=O)Nc3ccc(CC)cc3)c(OCC)c2)cc1. The summed E-state index contributed by atoms with van der Waals surface area (Å²) in [5.41, 5.74) is 5.14. The number of halogens is 1. The predicted molar refractivity (Wildman–Crippen MR) is 171 cm³/mol. The Bertz CT molecular complexity index is 1380. The molecule has 0 unspecified atom stereocenters. The van der Waals surface area contributed by atoms with Gasteiger partial charge in [0, 0.05) is 11.4 Å². The third-order valence-electron chi connectivity index (χ3n) is 5.79. The molecule has 3 N–H and O–H groups in total. The van der Waals surface area contributed by atoms with Crippen LogP contribution < -0.4 is 30.3 Å². The number of nitrogens with one attached hydrogen (secondary N) is 3. The molecule has 11 heteroatoms. The molecule has 3 aromatic carbocycles. The van der Waals surface area contributed by atoms with E-state index in [2.05, 4.69) is 57.6 Å². The van der Waals surface area contributed by atoms with E-state index >= 15 is 0 Å². The van der Waals surface area contributed by atoms with Crippen LogP contribution in [0.2, 0.25) is 0 Å². The smallest absolute Gasteiger partial charge is 0.329 e. The van der Waals surface area contributed by atoms with E-state index in [4.69, 9.17) is 14.2 Å². The summed E-state index contributed by atoms with van der Waals surface area (Å²) in [6, 6.07) is 17.8. The molecule has 0 fully saturated rings. The molecule has 0 aromatic heterocycles. The lowest BCUT2D eigenvalue weighted by Crippen LogP contribution is -2.32. The Kier molecular flexibility index (Phi) is 13.1. The van der Waals surface area contributed by atoms with E-state index in [1.165, 1.54) is 11.8 Å². The maximum absolute atomic E-state index is 12.4. The lowest BCUT2D eigenvalue weighted by molar-refractivity contribution is -0.136. The van der Waals surface area contributed by atoms with Gasteiger partial charge in [0.15, 0.2) is 18.1 Å². The molecule has 0 aliphatic heterocycles. The fraction of sp³-hybridized carbons (Fsp3) is 0.290. The van der Waals surface area contributed by atoms with Crippen LogP contribution >= 0.6 is 22.6 Å². The fourth-order valence-corrected chi connectivity index (χ4v) is 4.38. The number of ether oxygens (including phenoxy) is 3. The zero-order chi connectivity index (χ0) is 30.3. The average Bonchev–Trinajstić information content (AvgIpc) is 2.98. The maximum Gasteiger partial charge on any atom is 0.329 e. The maximum atomic E-state index is 12.4. The summed E-state index contributed by atoms with van der Waals surface area (Å²) >= 11 is 2.07. The number of amides is 3. The Morgan fingerprint density at radius 2 is 1.55 bits per heavy atom. The third kappa shape index (κ3) is 10.4. The van der Waals surface area contributed by atoms with Gasteiger partial charge in [-0.15, -0.1) is 0 Å². The van der Waals surface area contributed by atoms with Crippen molar-refractivity contribution in [2.45, 2.75) is 40.0 Å². The quantitative estimate of drug-likeness (QED) is 0.0673. The van der Waals surface area contributed by atoms with E-state index in [0.29, 0.717) is 51.0 Å². The van der Waals surface area contributed by atoms with Gasteiger partial charge in [0.25, 0.3) is 5.91 Å². The zero-order valence-electron chi connectivity index (χ0n) is 23.9. The number of benzene rings is 3. The van der Waals surface area contributed by atoms with E-state index in [0.717, 1.165) is 19.3 Å². The van der Waals surface area contributed by atoms with Crippen molar-refractivity contribution in [3.63, 3.8) is 0 Å². The van der Waals surface area contributed by atoms with Crippen molar-refractivity contribution in [2.24, 2.45) is 5.10 Å². The summed E-state index contributed by atoms with van der Waals surface area (Å²) in [6.07, 6.45) is 4.29. The summed E-state index contributed by atoms with van der Waals surface area (Å²) in [5, 5.41) is 9.23. The normalized spacial score (nSPS) is 10.7. The molecule has 0 radical (unpaired) electrons. The molecule has 0 spiro atoms. The van der Waals surface area contributed by atoms with Crippen LogP contribution in [0, 0.1) is 3.57 Å². The van der Waals surface area contributed by atoms with Gasteiger partial charge >= 0.3 is 11.8 Å². The van der Waals surface area contributed by atoms with Gasteiger partial charge in [0.1, 0.15) is 5.75 Å². The van der Waals surface area contributed by atoms with E-state index in [1.807, 2.05) is 31.2 Å². The van der Waals surface area contributed by atoms with Gasteiger partial charge in [0.2, 0.25) is 0 Å². The van der Waals surface area contributed by atoms with Crippen molar-refractivity contribution in [3.05, 3.63) is 75.4 Å². The number of anilines is 2. The number of hydrogen-bond donors (Lipinski definition) is 3. The van der Waals surface area contributed by atoms with Crippen molar-refractivity contribution >= 4 is 57.9 Å². The Hall–Kier alpha value is -4.13. The lowest BCUT2D eigenvalue weighted by Gasteiger charge is -2.14. The van der Waals surface area contributed by atoms with Crippen LogP contribution in [0.3, 0.4) is 0 Å². The Balaban J connectivity index is 1.55. The van der Waals surface area contributed by atoms with Crippen molar-refractivity contribution < 1.29 is 28.6 Å². The summed E-state index contributed by atoms with van der Waals surface area (Å²) in [6.45, 7) is 6.76. The second kappa shape index (κ2) is 17.0. The highest BCUT2D eigenvalue weighted by Crippen LogP contribution is 2.34. The highest BCUT2D eigenvalue weighted by molar-refractivity contribution is 14.1. The van der Waals surface area contributed by atoms with Gasteiger partial charge < -0.3 is 24.8 Å². The van der Waals surface area contributed by atoms with Crippen LogP contribution in [0.4, 0.5) is 11.4 Å². The number of hydrogen-bond acceptors (Lipinski definition) is 7. The molecule has 0 saturated carbocycles. The van der Waals surface area contributed by atoms with Gasteiger partial charge in [-0.05, 0) is 102 Å². The van der Waals surface area contributed by atoms with E-state index in [1.54, 1.807) is 36.4 Å². The van der Waals surface area contributed by atoms with Crippen molar-refractivity contribution in [3.8, 4) is 17.2 Å². The van der Waals surface area contributed by atoms with Crippen molar-refractivity contribution in [1.29, 1.82) is 0 Å². The van der Waals surface area contributed by atoms with Crippen LogP contribution in [0.5, 0.6) is 17.2 Å². The monoisotopic (exact) mass is 686 g/mol. The number of aryl methyl sites for hydroxylation is 1. The Morgan fingerprint density at radius 3 is 2.21 bits per heavy atom. The molecule has 0 saturated heterocycles. The van der Waals surface area contributed by atoms with E-state index in [-0.39, 0.29) is 12.5 Å². The largest absolute Gasteiger partial charge is 0.494 e. The first kappa shape index (κ1) is 32.4. The minimum Gasteiger partial charge on any atom is -0.494 e. The molecule has 3 aromatic rings. The first-order valence-corrected chi connectivity index (χ1v) is 14.8. The highest BCUT2D eigenvalue weighted by Gasteiger charge is 2.15. The molecule has 3 amide bonds. The minimum atomic E-state index is -0.926. The molecular formula is C31H35IN4O6. The Morgan fingerprint density at radius 1 is 0.857 bits per heavy atom. The van der Waals surface area contributed by atoms with Gasteiger partial charge in [-0.1, -0.05) is 32.4 Å². The average molecular weight is 687 g/mol. The number of hydrazone groups is 1. The van der Waals surface area contributed by atoms with Crippen LogP contribution in [-0.4, -0.2) is 43.8 Å². The van der Waals surface area contributed by atoms with Crippen molar-refractivity contribution in [1.82, 2.24) is 5.43 Å². The molecule has 222 valence electrons. The number of rotatable bonds is 14. The van der Waals surface area contributed by atoms with Gasteiger partial charge in [-0.25, -0.2) is 5.43 Å². The second-order valence-electron chi connectivity index (χ2n) is 9.03. The minimum absolute atomic E-state index is 0.210. The number of unbranched alkanes of at least 4 members (excludes halogenated alkanes) is 1. The summed E-state index contributed by atoms with van der Waals surface area (Å²) in [4.78, 5) is 36.9. The third-order valence-corrected chi connectivity index (χ3v) is 6.59. The number of carbonyl (C=O) groups is 3. The van der Waals surface area contributed by atoms with Gasteiger partial charge in [0.05, 0.1) is 23.0 Å². The summed E-state index contributed by atoms with van der Waals surface area (Å²) < 4.78 is 17.8. The molecule has 0 atom stereocenters. The van der Waals surface area contributed by atoms with Crippen LogP contribution in [0.1, 0.15) is 44.7 Å². The molecule has 42 heavy (non-hydrogen) atoms. The standard InChI is InChI=1S/C31H35IN4O6/c1-4-7-16-41-25-14-12-24(13-15-25)35-30(38)31(39)36-33-19-22-17-26(32)29(27(18-22)40-6-3)42-20-28(37)34-23-10-8-21(5-2)9-11-23/h8-15,17-19H,4-7,16,20H2,1-3H3,(H,34,37)(H,35,38)(H,36,39)/b33-19-.